The summed E-state index contributed by atoms with van der Waals surface area (Å²) in [5.74, 6) is 0. The highest BCUT2D eigenvalue weighted by Gasteiger charge is 2.82. The highest BCUT2D eigenvalue weighted by molar-refractivity contribution is 7.03. The summed E-state index contributed by atoms with van der Waals surface area (Å²) < 4.78 is 91.0. The number of halogens is 8. The second-order valence-corrected chi connectivity index (χ2v) is 41.5. The summed E-state index contributed by atoms with van der Waals surface area (Å²) in [6, 6.07) is 1.88. The van der Waals surface area contributed by atoms with Gasteiger partial charge in [0.15, 0.2) is 0 Å². The molecule has 6 rings (SSSR count). The molecule has 0 spiro atoms. The smallest absolute Gasteiger partial charge is 0.373 e. The largest absolute Gasteiger partial charge is 0.478 e. The molecular formula is C24H56Cl8N8O12Si8. The molecule has 0 aliphatic carbocycles. The van der Waals surface area contributed by atoms with E-state index < -0.39 is 70.4 Å². The topological polar surface area (TPSA) is 207 Å². The average molecular weight is 1160 g/mol. The summed E-state index contributed by atoms with van der Waals surface area (Å²) >= 11 is 48.5. The minimum atomic E-state index is -4.18. The van der Waals surface area contributed by atoms with E-state index in [2.05, 4.69) is 38.7 Å². The number of rotatable bonds is 32. The monoisotopic (exact) mass is 1150 g/mol. The molecule has 36 heteroatoms. The fraction of sp³-hybridized carbons (Fsp3) is 1.00. The van der Waals surface area contributed by atoms with E-state index in [1.807, 2.05) is 0 Å². The second kappa shape index (κ2) is 25.7. The first kappa shape index (κ1) is 54.2. The zero-order valence-electron chi connectivity index (χ0n) is 32.9. The van der Waals surface area contributed by atoms with Crippen LogP contribution in [0.5, 0.6) is 0 Å². The van der Waals surface area contributed by atoms with Gasteiger partial charge in [-0.2, -0.15) is 0 Å². The van der Waals surface area contributed by atoms with Gasteiger partial charge in [-0.05, 0) is 146 Å². The van der Waals surface area contributed by atoms with Crippen molar-refractivity contribution in [3.8, 4) is 0 Å². The lowest BCUT2D eigenvalue weighted by Crippen LogP contribution is -2.88. The van der Waals surface area contributed by atoms with Gasteiger partial charge in [-0.25, -0.2) is 38.7 Å². The molecule has 8 bridgehead atoms. The Bertz CT molecular complexity index is 971. The summed E-state index contributed by atoms with van der Waals surface area (Å²) in [5, 5.41) is 0. The van der Waals surface area contributed by atoms with E-state index in [0.717, 1.165) is 0 Å². The predicted molar refractivity (Wildman–Crippen MR) is 245 cm³/mol. The Morgan fingerprint density at radius 1 is 0.200 bits per heavy atom. The Labute approximate surface area is 401 Å². The van der Waals surface area contributed by atoms with Crippen LogP contribution in [0.25, 0.3) is 0 Å². The van der Waals surface area contributed by atoms with E-state index in [-0.39, 0.29) is 48.4 Å². The second-order valence-electron chi connectivity index (χ2n) is 14.6. The Morgan fingerprint density at radius 2 is 0.300 bits per heavy atom. The Hall–Kier alpha value is 3.26. The molecule has 6 heterocycles. The van der Waals surface area contributed by atoms with Gasteiger partial charge in [0.1, 0.15) is 0 Å². The normalized spacial score (nSPS) is 37.2. The number of hydrogen-bond donors (Lipinski definition) is 8. The third-order valence-electron chi connectivity index (χ3n) is 9.77. The highest BCUT2D eigenvalue weighted by atomic mass is 35.5. The van der Waals surface area contributed by atoms with Gasteiger partial charge in [0.2, 0.25) is 0 Å². The zero-order valence-corrected chi connectivity index (χ0v) is 46.9. The molecule has 0 aromatic rings. The predicted octanol–water partition coefficient (Wildman–Crippen LogP) is 4.83. The molecule has 0 aromatic heterocycles. The zero-order chi connectivity index (χ0) is 43.1. The minimum absolute atomic E-state index is 0.235. The molecule has 6 aliphatic rings. The molecule has 0 amide bonds. The molecule has 0 atom stereocenters. The van der Waals surface area contributed by atoms with Gasteiger partial charge in [0.05, 0.1) is 0 Å². The van der Waals surface area contributed by atoms with Crippen molar-refractivity contribution in [1.82, 2.24) is 38.7 Å². The molecule has 8 N–H and O–H groups in total. The van der Waals surface area contributed by atoms with Crippen molar-refractivity contribution >= 4 is 165 Å². The van der Waals surface area contributed by atoms with E-state index in [9.17, 15) is 0 Å². The molecule has 60 heavy (non-hydrogen) atoms. The van der Waals surface area contributed by atoms with Crippen LogP contribution in [0, 0.1) is 0 Å². The Morgan fingerprint density at radius 3 is 0.383 bits per heavy atom. The van der Waals surface area contributed by atoms with Crippen molar-refractivity contribution in [3.05, 3.63) is 0 Å². The van der Waals surface area contributed by atoms with Crippen LogP contribution in [-0.2, 0) is 49.4 Å². The molecule has 6 fully saturated rings. The van der Waals surface area contributed by atoms with E-state index in [1.54, 1.807) is 0 Å². The van der Waals surface area contributed by atoms with Crippen LogP contribution < -0.4 is 38.7 Å². The van der Waals surface area contributed by atoms with Crippen LogP contribution in [0.3, 0.4) is 0 Å². The molecule has 0 radical (unpaired) electrons. The summed E-state index contributed by atoms with van der Waals surface area (Å²) in [6.07, 6.45) is 3.64. The lowest BCUT2D eigenvalue weighted by molar-refractivity contribution is -0.0310. The van der Waals surface area contributed by atoms with Gasteiger partial charge in [-0.1, -0.05) is 0 Å². The van der Waals surface area contributed by atoms with Crippen LogP contribution in [0.1, 0.15) is 51.4 Å². The Balaban J connectivity index is 1.88. The lowest BCUT2D eigenvalue weighted by Gasteiger charge is -2.63. The molecule has 0 saturated carbocycles. The maximum atomic E-state index is 7.59. The van der Waals surface area contributed by atoms with E-state index in [1.165, 1.54) is 0 Å². The number of nitrogens with one attached hydrogen (secondary N) is 8. The van der Waals surface area contributed by atoms with Crippen LogP contribution in [0.4, 0.5) is 0 Å². The van der Waals surface area contributed by atoms with Crippen LogP contribution in [0.15, 0.2) is 0 Å². The SMILES string of the molecule is ClNCCC[Si]12O[Si]3(CCCNCl)O[Si]4(CCCNCl)O[Si](CCCNCl)(O1)O[Si]1(CCCNCl)O[Si](CCCNCl)(O2)O[Si](CCCNCl)(O3)O[Si](CCCNCl)(O4)O1. The molecule has 352 valence electrons. The van der Waals surface area contributed by atoms with Gasteiger partial charge >= 0.3 is 70.4 Å². The van der Waals surface area contributed by atoms with Crippen molar-refractivity contribution < 1.29 is 49.4 Å². The molecule has 6 aliphatic heterocycles. The maximum absolute atomic E-state index is 7.59. The van der Waals surface area contributed by atoms with E-state index >= 15 is 0 Å². The standard InChI is InChI=1S/C24H56Cl8N8O12Si8/c25-33-9-1-17-53-41-54(18-2-10-34-26)44-57(21-5-13-37-29)46-55(42-53,19-3-11-35-27)48-59(23-7-15-39-31)49-56(43-53,20-4-12-36-28)47-58(45-54,22-6-14-38-30)51-60(50-57,52-59)24-8-16-40-32/h33-40H,1-24H2. The highest BCUT2D eigenvalue weighted by Crippen LogP contribution is 2.54. The summed E-state index contributed by atoms with van der Waals surface area (Å²) in [5.41, 5.74) is 0. The average Bonchev–Trinajstić information content (AvgIpc) is 3.16. The fourth-order valence-electron chi connectivity index (χ4n) is 7.54. The van der Waals surface area contributed by atoms with E-state index in [0.29, 0.717) is 104 Å². The van der Waals surface area contributed by atoms with Crippen molar-refractivity contribution in [2.24, 2.45) is 0 Å². The van der Waals surface area contributed by atoms with E-state index in [4.69, 9.17) is 144 Å². The van der Waals surface area contributed by atoms with Crippen molar-refractivity contribution in [1.29, 1.82) is 0 Å². The van der Waals surface area contributed by atoms with Gasteiger partial charge in [0.25, 0.3) is 0 Å². The Kier molecular flexibility index (Phi) is 23.3. The van der Waals surface area contributed by atoms with Crippen molar-refractivity contribution in [2.75, 3.05) is 52.4 Å². The lowest BCUT2D eigenvalue weighted by atomic mass is 10.5. The first-order chi connectivity index (χ1) is 29.0. The fourth-order valence-corrected chi connectivity index (χ4v) is 59.0. The molecule has 6 saturated heterocycles. The van der Waals surface area contributed by atoms with Gasteiger partial charge < -0.3 is 49.4 Å². The molecular weight excluding hydrogens is 1100 g/mol. The maximum Gasteiger partial charge on any atom is 0.478 e. The quantitative estimate of drug-likeness (QED) is 0.0258. The first-order valence-corrected chi connectivity index (χ1v) is 38.5. The van der Waals surface area contributed by atoms with Crippen LogP contribution in [-0.4, -0.2) is 123 Å². The first-order valence-electron chi connectivity index (χ1n) is 20.1. The summed E-state index contributed by atoms with van der Waals surface area (Å²) in [4.78, 5) is 21.8. The molecule has 0 aromatic carbocycles. The summed E-state index contributed by atoms with van der Waals surface area (Å²) in [6.45, 7) is 3.08. The van der Waals surface area contributed by atoms with Crippen LogP contribution in [0.2, 0.25) is 48.4 Å². The third-order valence-corrected chi connectivity index (χ3v) is 48.9. The van der Waals surface area contributed by atoms with Crippen molar-refractivity contribution in [2.45, 2.75) is 99.7 Å². The van der Waals surface area contributed by atoms with Gasteiger partial charge in [0, 0.05) is 101 Å². The number of hydrogen-bond acceptors (Lipinski definition) is 20. The molecule has 20 nitrogen and oxygen atoms in total. The molecule has 0 unspecified atom stereocenters. The minimum Gasteiger partial charge on any atom is -0.373 e. The third kappa shape index (κ3) is 14.6. The summed E-state index contributed by atoms with van der Waals surface area (Å²) in [7, 11) is -33.5. The van der Waals surface area contributed by atoms with Gasteiger partial charge in [-0.3, -0.25) is 0 Å². The van der Waals surface area contributed by atoms with Crippen molar-refractivity contribution in [3.63, 3.8) is 0 Å². The van der Waals surface area contributed by atoms with Gasteiger partial charge in [-0.15, -0.1) is 0 Å². The van der Waals surface area contributed by atoms with Crippen LogP contribution >= 0.6 is 94.2 Å².